The number of anilines is 2. The van der Waals surface area contributed by atoms with Gasteiger partial charge in [-0.25, -0.2) is 4.79 Å². The molecule has 0 saturated heterocycles. The summed E-state index contributed by atoms with van der Waals surface area (Å²) in [6.07, 6.45) is 0. The van der Waals surface area contributed by atoms with Gasteiger partial charge in [0.1, 0.15) is 0 Å². The Morgan fingerprint density at radius 1 is 0.857 bits per heavy atom. The molecule has 4 nitrogen and oxygen atoms in total. The minimum Gasteiger partial charge on any atom is -0.462 e. The van der Waals surface area contributed by atoms with E-state index >= 15 is 0 Å². The fourth-order valence-corrected chi connectivity index (χ4v) is 2.47. The van der Waals surface area contributed by atoms with Crippen molar-refractivity contribution in [3.63, 3.8) is 0 Å². The quantitative estimate of drug-likeness (QED) is 0.686. The van der Waals surface area contributed by atoms with E-state index in [1.54, 1.807) is 0 Å². The van der Waals surface area contributed by atoms with Crippen LogP contribution in [-0.2, 0) is 4.74 Å². The summed E-state index contributed by atoms with van der Waals surface area (Å²) in [4.78, 5) is 16.6. The van der Waals surface area contributed by atoms with E-state index in [1.165, 1.54) is 0 Å². The highest BCUT2D eigenvalue weighted by atomic mass is 16.5. The van der Waals surface area contributed by atoms with Gasteiger partial charge in [-0.05, 0) is 52.8 Å². The van der Waals surface area contributed by atoms with E-state index < -0.39 is 0 Å². The predicted molar refractivity (Wildman–Crippen MR) is 89.5 cm³/mol. The van der Waals surface area contributed by atoms with Crippen molar-refractivity contribution in [1.82, 2.24) is 0 Å². The molecule has 0 unspecified atom stereocenters. The van der Waals surface area contributed by atoms with Gasteiger partial charge in [0.15, 0.2) is 0 Å². The van der Waals surface area contributed by atoms with Crippen LogP contribution in [0.1, 0.15) is 45.0 Å². The van der Waals surface area contributed by atoms with Gasteiger partial charge in [-0.15, -0.1) is 0 Å². The number of ether oxygens (including phenoxy) is 1. The molecule has 0 saturated carbocycles. The number of carbonyl (C=O) groups excluding carboxylic acids is 1. The van der Waals surface area contributed by atoms with E-state index in [0.717, 1.165) is 37.6 Å². The van der Waals surface area contributed by atoms with Crippen LogP contribution in [-0.4, -0.2) is 38.8 Å². The summed E-state index contributed by atoms with van der Waals surface area (Å²) in [6, 6.07) is 6.01. The van der Waals surface area contributed by atoms with Crippen LogP contribution in [0.2, 0.25) is 0 Å². The number of benzene rings is 1. The zero-order valence-corrected chi connectivity index (χ0v) is 14.0. The van der Waals surface area contributed by atoms with Crippen molar-refractivity contribution < 1.29 is 9.53 Å². The SMILES string of the molecule is CCOC(=O)c1cc(N(CC)CC)cc(N(CC)CC)c1. The molecule has 118 valence electrons. The summed E-state index contributed by atoms with van der Waals surface area (Å²) in [6.45, 7) is 14.4. The Morgan fingerprint density at radius 2 is 1.29 bits per heavy atom. The Morgan fingerprint density at radius 3 is 1.62 bits per heavy atom. The number of hydrogen-bond donors (Lipinski definition) is 0. The second-order valence-electron chi connectivity index (χ2n) is 4.80. The molecule has 0 aliphatic heterocycles. The molecule has 0 heterocycles. The summed E-state index contributed by atoms with van der Waals surface area (Å²) in [5.41, 5.74) is 2.78. The van der Waals surface area contributed by atoms with Crippen LogP contribution >= 0.6 is 0 Å². The Balaban J connectivity index is 3.27. The molecule has 0 radical (unpaired) electrons. The van der Waals surface area contributed by atoms with Crippen molar-refractivity contribution in [2.24, 2.45) is 0 Å². The molecule has 1 aromatic rings. The van der Waals surface area contributed by atoms with Crippen molar-refractivity contribution in [2.75, 3.05) is 42.6 Å². The van der Waals surface area contributed by atoms with E-state index in [4.69, 9.17) is 4.74 Å². The second kappa shape index (κ2) is 8.55. The molecule has 0 bridgehead atoms. The van der Waals surface area contributed by atoms with E-state index in [9.17, 15) is 4.79 Å². The Hall–Kier alpha value is -1.71. The number of esters is 1. The largest absolute Gasteiger partial charge is 0.462 e. The molecule has 0 spiro atoms. The average molecular weight is 292 g/mol. The van der Waals surface area contributed by atoms with Crippen LogP contribution in [0, 0.1) is 0 Å². The summed E-state index contributed by atoms with van der Waals surface area (Å²) < 4.78 is 5.16. The Labute approximate surface area is 128 Å². The van der Waals surface area contributed by atoms with Crippen LogP contribution < -0.4 is 9.80 Å². The highest BCUT2D eigenvalue weighted by Crippen LogP contribution is 2.26. The Bertz CT molecular complexity index is 422. The average Bonchev–Trinajstić information content (AvgIpc) is 2.50. The van der Waals surface area contributed by atoms with E-state index in [0.29, 0.717) is 12.2 Å². The first-order chi connectivity index (χ1) is 10.1. The first-order valence-corrected chi connectivity index (χ1v) is 7.93. The van der Waals surface area contributed by atoms with Gasteiger partial charge in [-0.2, -0.15) is 0 Å². The van der Waals surface area contributed by atoms with E-state index in [-0.39, 0.29) is 5.97 Å². The zero-order chi connectivity index (χ0) is 15.8. The van der Waals surface area contributed by atoms with E-state index in [2.05, 4.69) is 43.6 Å². The van der Waals surface area contributed by atoms with Crippen molar-refractivity contribution in [2.45, 2.75) is 34.6 Å². The third kappa shape index (κ3) is 4.38. The zero-order valence-electron chi connectivity index (χ0n) is 14.0. The molecule has 0 atom stereocenters. The summed E-state index contributed by atoms with van der Waals surface area (Å²) in [5.74, 6) is -0.250. The topological polar surface area (TPSA) is 32.8 Å². The summed E-state index contributed by atoms with van der Waals surface area (Å²) >= 11 is 0. The Kier molecular flexibility index (Phi) is 7.06. The minimum absolute atomic E-state index is 0.250. The normalized spacial score (nSPS) is 10.3. The van der Waals surface area contributed by atoms with Crippen LogP contribution in [0.3, 0.4) is 0 Å². The van der Waals surface area contributed by atoms with E-state index in [1.807, 2.05) is 19.1 Å². The minimum atomic E-state index is -0.250. The van der Waals surface area contributed by atoms with Crippen molar-refractivity contribution >= 4 is 17.3 Å². The van der Waals surface area contributed by atoms with Gasteiger partial charge in [0, 0.05) is 37.6 Å². The van der Waals surface area contributed by atoms with Crippen molar-refractivity contribution in [3.8, 4) is 0 Å². The molecule has 0 aliphatic carbocycles. The second-order valence-corrected chi connectivity index (χ2v) is 4.80. The van der Waals surface area contributed by atoms with Gasteiger partial charge in [-0.1, -0.05) is 0 Å². The summed E-state index contributed by atoms with van der Waals surface area (Å²) in [5, 5.41) is 0. The van der Waals surface area contributed by atoms with Crippen LogP contribution in [0.15, 0.2) is 18.2 Å². The summed E-state index contributed by atoms with van der Waals surface area (Å²) in [7, 11) is 0. The number of carbonyl (C=O) groups is 1. The maximum Gasteiger partial charge on any atom is 0.338 e. The van der Waals surface area contributed by atoms with Gasteiger partial charge in [0.05, 0.1) is 12.2 Å². The fraction of sp³-hybridized carbons (Fsp3) is 0.588. The molecule has 0 fully saturated rings. The van der Waals surface area contributed by atoms with Gasteiger partial charge in [0.25, 0.3) is 0 Å². The molecule has 0 aliphatic rings. The molecule has 0 amide bonds. The first-order valence-electron chi connectivity index (χ1n) is 7.93. The molecular weight excluding hydrogens is 264 g/mol. The third-order valence-corrected chi connectivity index (χ3v) is 3.67. The standard InChI is InChI=1S/C17H28N2O2/c1-6-18(7-2)15-11-14(17(20)21-10-5)12-16(13-15)19(8-3)9-4/h11-13H,6-10H2,1-5H3. The van der Waals surface area contributed by atoms with Crippen molar-refractivity contribution in [3.05, 3.63) is 23.8 Å². The van der Waals surface area contributed by atoms with Gasteiger partial charge >= 0.3 is 5.97 Å². The highest BCUT2D eigenvalue weighted by Gasteiger charge is 2.14. The molecule has 4 heteroatoms. The van der Waals surface area contributed by atoms with Gasteiger partial charge < -0.3 is 14.5 Å². The lowest BCUT2D eigenvalue weighted by molar-refractivity contribution is 0.0526. The van der Waals surface area contributed by atoms with Crippen molar-refractivity contribution in [1.29, 1.82) is 0 Å². The fourth-order valence-electron chi connectivity index (χ4n) is 2.47. The molecular formula is C17H28N2O2. The molecule has 1 aromatic carbocycles. The molecule has 0 N–H and O–H groups in total. The lowest BCUT2D eigenvalue weighted by Gasteiger charge is -2.26. The van der Waals surface area contributed by atoms with Crippen LogP contribution in [0.4, 0.5) is 11.4 Å². The highest BCUT2D eigenvalue weighted by molar-refractivity contribution is 5.92. The van der Waals surface area contributed by atoms with Gasteiger partial charge in [0.2, 0.25) is 0 Å². The number of hydrogen-bond acceptors (Lipinski definition) is 4. The van der Waals surface area contributed by atoms with Crippen LogP contribution in [0.5, 0.6) is 0 Å². The number of nitrogens with zero attached hydrogens (tertiary/aromatic N) is 2. The maximum atomic E-state index is 12.1. The predicted octanol–water partition coefficient (Wildman–Crippen LogP) is 3.56. The lowest BCUT2D eigenvalue weighted by atomic mass is 10.1. The maximum absolute atomic E-state index is 12.1. The van der Waals surface area contributed by atoms with Crippen LogP contribution in [0.25, 0.3) is 0 Å². The number of rotatable bonds is 8. The lowest BCUT2D eigenvalue weighted by Crippen LogP contribution is -2.25. The molecule has 1 rings (SSSR count). The first kappa shape index (κ1) is 17.3. The monoisotopic (exact) mass is 292 g/mol. The third-order valence-electron chi connectivity index (χ3n) is 3.67. The molecule has 21 heavy (non-hydrogen) atoms. The molecule has 0 aromatic heterocycles. The smallest absolute Gasteiger partial charge is 0.338 e. The van der Waals surface area contributed by atoms with Gasteiger partial charge in [-0.3, -0.25) is 0 Å².